The number of hydrogen-bond acceptors (Lipinski definition) is 0. The summed E-state index contributed by atoms with van der Waals surface area (Å²) < 4.78 is 2.42. The molecule has 0 saturated carbocycles. The summed E-state index contributed by atoms with van der Waals surface area (Å²) in [7, 11) is -0.519. The van der Waals surface area contributed by atoms with E-state index in [0.717, 1.165) is 6.54 Å². The molecule has 1 fully saturated rings. The molecule has 2 aromatic rings. The number of fused-ring (bicyclic) bond motifs is 1. The molecule has 1 saturated heterocycles. The van der Waals surface area contributed by atoms with E-state index >= 15 is 0 Å². The molecule has 1 aromatic heterocycles. The van der Waals surface area contributed by atoms with E-state index in [-0.39, 0.29) is 0 Å². The molecule has 0 bridgehead atoms. The van der Waals surface area contributed by atoms with Gasteiger partial charge in [0.1, 0.15) is 0 Å². The van der Waals surface area contributed by atoms with Gasteiger partial charge in [-0.3, -0.25) is 0 Å². The molecule has 0 aliphatic carbocycles. The Hall–Kier alpha value is -0.890. The first-order valence-electron chi connectivity index (χ1n) is 6.56. The van der Waals surface area contributed by atoms with E-state index in [2.05, 4.69) is 48.2 Å². The van der Waals surface area contributed by atoms with E-state index in [0.29, 0.717) is 0 Å². The van der Waals surface area contributed by atoms with E-state index in [4.69, 9.17) is 0 Å². The second-order valence-corrected chi connectivity index (χ2v) is 8.99. The first-order valence-corrected chi connectivity index (χ1v) is 8.94. The Labute approximate surface area is 105 Å². The molecule has 1 nitrogen and oxygen atoms in total. The molecule has 92 valence electrons. The van der Waals surface area contributed by atoms with Crippen LogP contribution in [0.1, 0.15) is 19.8 Å². The minimum Gasteiger partial charge on any atom is -0.347 e. The normalized spacial score (nSPS) is 20.8. The van der Waals surface area contributed by atoms with Crippen LogP contribution in [0.4, 0.5) is 0 Å². The van der Waals surface area contributed by atoms with Gasteiger partial charge in [0, 0.05) is 28.5 Å². The van der Waals surface area contributed by atoms with Crippen LogP contribution in [0.2, 0.25) is 0 Å². The molecule has 1 aliphatic heterocycles. The summed E-state index contributed by atoms with van der Waals surface area (Å²) in [6.45, 7) is 3.32. The van der Waals surface area contributed by atoms with Gasteiger partial charge in [0.2, 0.25) is 0 Å². The number of aromatic nitrogens is 1. The summed E-state index contributed by atoms with van der Waals surface area (Å²) in [6, 6.07) is 8.92. The maximum absolute atomic E-state index is 2.53. The van der Waals surface area contributed by atoms with Gasteiger partial charge >= 0.3 is 0 Å². The molecule has 0 amide bonds. The molecule has 2 heterocycles. The predicted octanol–water partition coefficient (Wildman–Crippen LogP) is 4.25. The average molecular weight is 247 g/mol. The van der Waals surface area contributed by atoms with Crippen molar-refractivity contribution < 1.29 is 0 Å². The third-order valence-electron chi connectivity index (χ3n) is 4.06. The summed E-state index contributed by atoms with van der Waals surface area (Å²) in [5.41, 5.74) is 1.42. The summed E-state index contributed by atoms with van der Waals surface area (Å²) >= 11 is 0. The molecule has 3 rings (SSSR count). The van der Waals surface area contributed by atoms with Crippen molar-refractivity contribution in [3.63, 3.8) is 0 Å². The van der Waals surface area contributed by atoms with Crippen LogP contribution in [0.5, 0.6) is 0 Å². The zero-order valence-corrected chi connectivity index (χ0v) is 11.6. The van der Waals surface area contributed by atoms with Crippen molar-refractivity contribution in [3.05, 3.63) is 30.5 Å². The Morgan fingerprint density at radius 2 is 1.88 bits per heavy atom. The Bertz CT molecular complexity index is 535. The summed E-state index contributed by atoms with van der Waals surface area (Å²) in [5.74, 6) is 2.87. The highest BCUT2D eigenvalue weighted by atomic mass is 32.3. The zero-order chi connectivity index (χ0) is 11.9. The highest BCUT2D eigenvalue weighted by Crippen LogP contribution is 2.59. The number of rotatable bonds is 2. The second-order valence-electron chi connectivity index (χ2n) is 5.19. The van der Waals surface area contributed by atoms with Crippen LogP contribution in [-0.4, -0.2) is 22.3 Å². The number of hydrogen-bond donors (Lipinski definition) is 0. The van der Waals surface area contributed by atoms with Gasteiger partial charge in [-0.2, -0.15) is 0 Å². The summed E-state index contributed by atoms with van der Waals surface area (Å²) in [4.78, 5) is 1.66. The van der Waals surface area contributed by atoms with Crippen molar-refractivity contribution in [2.75, 3.05) is 17.8 Å². The molecule has 17 heavy (non-hydrogen) atoms. The van der Waals surface area contributed by atoms with Crippen molar-refractivity contribution >= 4 is 20.9 Å². The van der Waals surface area contributed by atoms with Gasteiger partial charge in [-0.15, -0.1) is 0 Å². The molecular formula is C15H21NS. The van der Waals surface area contributed by atoms with Crippen LogP contribution < -0.4 is 0 Å². The van der Waals surface area contributed by atoms with Crippen LogP contribution in [0.25, 0.3) is 10.9 Å². The van der Waals surface area contributed by atoms with Crippen LogP contribution >= 0.6 is 10.0 Å². The number of para-hydroxylation sites is 1. The summed E-state index contributed by atoms with van der Waals surface area (Å²) in [5, 5.41) is 1.51. The quantitative estimate of drug-likeness (QED) is 0.747. The predicted molar refractivity (Wildman–Crippen MR) is 78.4 cm³/mol. The van der Waals surface area contributed by atoms with Crippen LogP contribution in [-0.2, 0) is 6.54 Å². The maximum atomic E-state index is 2.53. The Balaban J connectivity index is 2.22. The molecule has 0 radical (unpaired) electrons. The molecule has 0 N–H and O–H groups in total. The Morgan fingerprint density at radius 3 is 2.59 bits per heavy atom. The minimum atomic E-state index is -0.519. The van der Waals surface area contributed by atoms with Gasteiger partial charge in [0.05, 0.1) is 0 Å². The van der Waals surface area contributed by atoms with Gasteiger partial charge in [-0.05, 0) is 43.6 Å². The lowest BCUT2D eigenvalue weighted by molar-refractivity contribution is 0.791. The van der Waals surface area contributed by atoms with E-state index in [9.17, 15) is 0 Å². The SMILES string of the molecule is CCn1cc(S2(C)CCCC2)c2ccccc21. The van der Waals surface area contributed by atoms with Crippen LogP contribution in [0.3, 0.4) is 0 Å². The fraction of sp³-hybridized carbons (Fsp3) is 0.467. The van der Waals surface area contributed by atoms with Gasteiger partial charge in [-0.25, -0.2) is 10.0 Å². The lowest BCUT2D eigenvalue weighted by Crippen LogP contribution is -1.99. The van der Waals surface area contributed by atoms with Gasteiger partial charge in [-0.1, -0.05) is 18.2 Å². The molecule has 0 unspecified atom stereocenters. The minimum absolute atomic E-state index is 0.519. The third-order valence-corrected chi connectivity index (χ3v) is 7.83. The van der Waals surface area contributed by atoms with E-state index < -0.39 is 10.0 Å². The first-order chi connectivity index (χ1) is 8.24. The second kappa shape index (κ2) is 4.09. The smallest absolute Gasteiger partial charge is 0.0491 e. The van der Waals surface area contributed by atoms with Crippen molar-refractivity contribution in [3.8, 4) is 0 Å². The Morgan fingerprint density at radius 1 is 1.18 bits per heavy atom. The van der Waals surface area contributed by atoms with Crippen LogP contribution in [0, 0.1) is 0 Å². The standard InChI is InChI=1S/C15H21NS/c1-3-16-12-15(17(2)10-6-7-11-17)13-8-4-5-9-14(13)16/h4-5,8-9,12H,3,6-7,10-11H2,1-2H3. The number of benzene rings is 1. The van der Waals surface area contributed by atoms with Crippen molar-refractivity contribution in [2.24, 2.45) is 0 Å². The third kappa shape index (κ3) is 1.70. The fourth-order valence-electron chi connectivity index (χ4n) is 3.03. The number of nitrogens with zero attached hydrogens (tertiary/aromatic N) is 1. The van der Waals surface area contributed by atoms with Gasteiger partial charge in [0.25, 0.3) is 0 Å². The van der Waals surface area contributed by atoms with Crippen LogP contribution in [0.15, 0.2) is 35.4 Å². The Kier molecular flexibility index (Phi) is 2.70. The van der Waals surface area contributed by atoms with Crippen molar-refractivity contribution in [2.45, 2.75) is 31.2 Å². The highest BCUT2D eigenvalue weighted by Gasteiger charge is 2.28. The lowest BCUT2D eigenvalue weighted by Gasteiger charge is -2.30. The molecular weight excluding hydrogens is 226 g/mol. The fourth-order valence-corrected chi connectivity index (χ4v) is 6.44. The topological polar surface area (TPSA) is 4.93 Å². The largest absolute Gasteiger partial charge is 0.347 e. The molecule has 1 aromatic carbocycles. The van der Waals surface area contributed by atoms with Crippen molar-refractivity contribution in [1.82, 2.24) is 4.57 Å². The van der Waals surface area contributed by atoms with E-state index in [1.54, 1.807) is 4.90 Å². The molecule has 0 spiro atoms. The zero-order valence-electron chi connectivity index (χ0n) is 10.8. The monoisotopic (exact) mass is 247 g/mol. The van der Waals surface area contributed by atoms with E-state index in [1.165, 1.54) is 35.3 Å². The highest BCUT2D eigenvalue weighted by molar-refractivity contribution is 8.33. The lowest BCUT2D eigenvalue weighted by atomic mass is 10.2. The van der Waals surface area contributed by atoms with Crippen molar-refractivity contribution in [1.29, 1.82) is 0 Å². The average Bonchev–Trinajstić information content (AvgIpc) is 2.94. The summed E-state index contributed by atoms with van der Waals surface area (Å²) in [6.07, 6.45) is 7.82. The van der Waals surface area contributed by atoms with Gasteiger partial charge < -0.3 is 4.57 Å². The molecule has 1 aliphatic rings. The molecule has 0 atom stereocenters. The maximum Gasteiger partial charge on any atom is 0.0491 e. The first kappa shape index (κ1) is 11.2. The number of aryl methyl sites for hydroxylation is 1. The van der Waals surface area contributed by atoms with E-state index in [1.807, 2.05) is 0 Å². The van der Waals surface area contributed by atoms with Gasteiger partial charge in [0.15, 0.2) is 0 Å². The molecule has 2 heteroatoms.